The van der Waals surface area contributed by atoms with E-state index in [0.29, 0.717) is 24.8 Å². The van der Waals surface area contributed by atoms with E-state index in [1.807, 2.05) is 0 Å². The normalized spacial score (nSPS) is 29.9. The van der Waals surface area contributed by atoms with Crippen LogP contribution in [0.2, 0.25) is 0 Å². The molecule has 4 unspecified atom stereocenters. The highest BCUT2D eigenvalue weighted by molar-refractivity contribution is 5.69. The molecular weight excluding hydrogens is 226 g/mol. The van der Waals surface area contributed by atoms with Crippen LogP contribution in [0.5, 0.6) is 0 Å². The molecule has 1 aliphatic rings. The van der Waals surface area contributed by atoms with Crippen LogP contribution >= 0.6 is 0 Å². The second kappa shape index (κ2) is 7.78. The molecule has 3 nitrogen and oxygen atoms in total. The summed E-state index contributed by atoms with van der Waals surface area (Å²) >= 11 is 0. The van der Waals surface area contributed by atoms with Gasteiger partial charge in [-0.1, -0.05) is 20.8 Å². The maximum absolute atomic E-state index is 11.8. The average molecular weight is 255 g/mol. The predicted molar refractivity (Wildman–Crippen MR) is 74.1 cm³/mol. The molecule has 0 aromatic rings. The van der Waals surface area contributed by atoms with E-state index in [9.17, 15) is 4.79 Å². The predicted octanol–water partition coefficient (Wildman–Crippen LogP) is 3.12. The van der Waals surface area contributed by atoms with Gasteiger partial charge in [0, 0.05) is 6.42 Å². The first-order valence-electron chi connectivity index (χ1n) is 7.42. The molecule has 3 heteroatoms. The fourth-order valence-corrected chi connectivity index (χ4v) is 2.64. The number of hydrogen-bond donors (Lipinski definition) is 1. The Morgan fingerprint density at radius 2 is 2.00 bits per heavy atom. The minimum Gasteiger partial charge on any atom is -0.462 e. The van der Waals surface area contributed by atoms with Crippen LogP contribution in [0.1, 0.15) is 59.3 Å². The Bertz CT molecular complexity index is 255. The quantitative estimate of drug-likeness (QED) is 0.742. The molecule has 0 bridgehead atoms. The maximum atomic E-state index is 11.8. The zero-order valence-corrected chi connectivity index (χ0v) is 12.2. The van der Waals surface area contributed by atoms with Crippen LogP contribution in [0.4, 0.5) is 0 Å². The van der Waals surface area contributed by atoms with Crippen molar-refractivity contribution in [1.29, 1.82) is 0 Å². The fraction of sp³-hybridized carbons (Fsp3) is 0.933. The molecule has 18 heavy (non-hydrogen) atoms. The van der Waals surface area contributed by atoms with E-state index in [-0.39, 0.29) is 12.1 Å². The first-order valence-corrected chi connectivity index (χ1v) is 7.42. The largest absolute Gasteiger partial charge is 0.462 e. The van der Waals surface area contributed by atoms with Crippen LogP contribution in [-0.4, -0.2) is 18.6 Å². The summed E-state index contributed by atoms with van der Waals surface area (Å²) in [5.74, 6) is 1.94. The number of rotatable bonds is 6. The monoisotopic (exact) mass is 255 g/mol. The molecule has 0 radical (unpaired) electrons. The van der Waals surface area contributed by atoms with Crippen molar-refractivity contribution >= 4 is 5.97 Å². The summed E-state index contributed by atoms with van der Waals surface area (Å²) in [4.78, 5) is 11.8. The molecule has 0 saturated heterocycles. The van der Waals surface area contributed by atoms with Gasteiger partial charge in [-0.15, -0.1) is 0 Å². The summed E-state index contributed by atoms with van der Waals surface area (Å²) in [5.41, 5.74) is 5.50. The van der Waals surface area contributed by atoms with Crippen LogP contribution in [0.25, 0.3) is 0 Å². The molecular formula is C15H29NO2. The fourth-order valence-electron chi connectivity index (χ4n) is 2.64. The summed E-state index contributed by atoms with van der Waals surface area (Å²) < 4.78 is 5.57. The van der Waals surface area contributed by atoms with E-state index in [0.717, 1.165) is 31.6 Å². The summed E-state index contributed by atoms with van der Waals surface area (Å²) in [6.07, 6.45) is 5.85. The standard InChI is InChI=1S/C15H29NO2/c1-11(8-9-16)4-7-15(17)18-14-6-5-12(2)13(3)10-14/h11-14H,4-10,16H2,1-3H3. The third kappa shape index (κ3) is 5.38. The average Bonchev–Trinajstić information content (AvgIpc) is 2.32. The van der Waals surface area contributed by atoms with Crippen LogP contribution in [0, 0.1) is 17.8 Å². The van der Waals surface area contributed by atoms with E-state index < -0.39 is 0 Å². The van der Waals surface area contributed by atoms with Gasteiger partial charge in [0.2, 0.25) is 0 Å². The van der Waals surface area contributed by atoms with Crippen LogP contribution in [0.3, 0.4) is 0 Å². The lowest BCUT2D eigenvalue weighted by molar-refractivity contribution is -0.152. The van der Waals surface area contributed by atoms with Gasteiger partial charge in [0.15, 0.2) is 0 Å². The van der Waals surface area contributed by atoms with Crippen LogP contribution in [0.15, 0.2) is 0 Å². The first kappa shape index (κ1) is 15.5. The van der Waals surface area contributed by atoms with Crippen molar-refractivity contribution < 1.29 is 9.53 Å². The Hall–Kier alpha value is -0.570. The van der Waals surface area contributed by atoms with Crippen LogP contribution < -0.4 is 5.73 Å². The van der Waals surface area contributed by atoms with Crippen molar-refractivity contribution in [2.24, 2.45) is 23.5 Å². The van der Waals surface area contributed by atoms with Crippen LogP contribution in [-0.2, 0) is 9.53 Å². The Morgan fingerprint density at radius 1 is 1.28 bits per heavy atom. The molecule has 106 valence electrons. The van der Waals surface area contributed by atoms with E-state index >= 15 is 0 Å². The van der Waals surface area contributed by atoms with Gasteiger partial charge in [0.1, 0.15) is 6.10 Å². The lowest BCUT2D eigenvalue weighted by atomic mass is 9.80. The minimum atomic E-state index is -0.0226. The Kier molecular flexibility index (Phi) is 6.69. The van der Waals surface area contributed by atoms with E-state index in [1.54, 1.807) is 0 Å². The maximum Gasteiger partial charge on any atom is 0.306 e. The van der Waals surface area contributed by atoms with E-state index in [4.69, 9.17) is 10.5 Å². The molecule has 1 rings (SSSR count). The Balaban J connectivity index is 2.20. The highest BCUT2D eigenvalue weighted by Crippen LogP contribution is 2.31. The number of esters is 1. The minimum absolute atomic E-state index is 0.0226. The van der Waals surface area contributed by atoms with Gasteiger partial charge in [-0.25, -0.2) is 0 Å². The molecule has 1 fully saturated rings. The zero-order chi connectivity index (χ0) is 13.5. The summed E-state index contributed by atoms with van der Waals surface area (Å²) in [7, 11) is 0. The lowest BCUT2D eigenvalue weighted by Crippen LogP contribution is -2.28. The molecule has 0 amide bonds. The summed E-state index contributed by atoms with van der Waals surface area (Å²) in [6, 6.07) is 0. The van der Waals surface area contributed by atoms with Crippen molar-refractivity contribution in [3.63, 3.8) is 0 Å². The first-order chi connectivity index (χ1) is 8.52. The van der Waals surface area contributed by atoms with Crippen molar-refractivity contribution in [3.8, 4) is 0 Å². The molecule has 0 spiro atoms. The zero-order valence-electron chi connectivity index (χ0n) is 12.2. The highest BCUT2D eigenvalue weighted by atomic mass is 16.5. The molecule has 4 atom stereocenters. The van der Waals surface area contributed by atoms with Crippen molar-refractivity contribution in [2.45, 2.75) is 65.4 Å². The highest BCUT2D eigenvalue weighted by Gasteiger charge is 2.26. The Labute approximate surface area is 111 Å². The van der Waals surface area contributed by atoms with Gasteiger partial charge in [0.25, 0.3) is 0 Å². The van der Waals surface area contributed by atoms with E-state index in [1.165, 1.54) is 6.42 Å². The van der Waals surface area contributed by atoms with Gasteiger partial charge in [-0.3, -0.25) is 4.79 Å². The number of ether oxygens (including phenoxy) is 1. The smallest absolute Gasteiger partial charge is 0.306 e. The molecule has 0 aliphatic heterocycles. The van der Waals surface area contributed by atoms with E-state index in [2.05, 4.69) is 20.8 Å². The van der Waals surface area contributed by atoms with Gasteiger partial charge in [-0.05, 0) is 56.4 Å². The SMILES string of the molecule is CC(CCN)CCC(=O)OC1CCC(C)C(C)C1. The summed E-state index contributed by atoms with van der Waals surface area (Å²) in [5, 5.41) is 0. The topological polar surface area (TPSA) is 52.3 Å². The molecule has 0 aromatic carbocycles. The van der Waals surface area contributed by atoms with Crippen molar-refractivity contribution in [2.75, 3.05) is 6.54 Å². The summed E-state index contributed by atoms with van der Waals surface area (Å²) in [6.45, 7) is 7.39. The molecule has 0 heterocycles. The van der Waals surface area contributed by atoms with Gasteiger partial charge >= 0.3 is 5.97 Å². The Morgan fingerprint density at radius 3 is 2.61 bits per heavy atom. The number of carbonyl (C=O) groups excluding carboxylic acids is 1. The van der Waals surface area contributed by atoms with Gasteiger partial charge in [0.05, 0.1) is 0 Å². The second-order valence-electron chi connectivity index (χ2n) is 6.10. The molecule has 0 aromatic heterocycles. The number of nitrogens with two attached hydrogens (primary N) is 1. The third-order valence-corrected chi connectivity index (χ3v) is 4.35. The van der Waals surface area contributed by atoms with Crippen molar-refractivity contribution in [3.05, 3.63) is 0 Å². The second-order valence-corrected chi connectivity index (χ2v) is 6.10. The third-order valence-electron chi connectivity index (χ3n) is 4.35. The lowest BCUT2D eigenvalue weighted by Gasteiger charge is -2.31. The van der Waals surface area contributed by atoms with Gasteiger partial charge < -0.3 is 10.5 Å². The number of carbonyl (C=O) groups is 1. The molecule has 1 saturated carbocycles. The van der Waals surface area contributed by atoms with Gasteiger partial charge in [-0.2, -0.15) is 0 Å². The molecule has 2 N–H and O–H groups in total. The molecule has 1 aliphatic carbocycles. The van der Waals surface area contributed by atoms with Crippen molar-refractivity contribution in [1.82, 2.24) is 0 Å². The number of hydrogen-bond acceptors (Lipinski definition) is 3.